The van der Waals surface area contributed by atoms with Crippen molar-refractivity contribution < 1.29 is 9.53 Å². The molecule has 0 aromatic carbocycles. The molecule has 0 aromatic rings. The van der Waals surface area contributed by atoms with E-state index in [1.54, 1.807) is 0 Å². The van der Waals surface area contributed by atoms with E-state index in [2.05, 4.69) is 25.2 Å². The SMILES string of the molecule is C=C(CCC(=O)OC)C(C)C. The van der Waals surface area contributed by atoms with Crippen LogP contribution in [0.15, 0.2) is 12.2 Å². The third kappa shape index (κ3) is 4.59. The number of carbonyl (C=O) groups is 1. The van der Waals surface area contributed by atoms with Crippen LogP contribution >= 0.6 is 0 Å². The maximum absolute atomic E-state index is 10.7. The molecule has 0 aliphatic carbocycles. The predicted molar refractivity (Wildman–Crippen MR) is 45.2 cm³/mol. The smallest absolute Gasteiger partial charge is 0.305 e. The highest BCUT2D eigenvalue weighted by molar-refractivity contribution is 5.69. The van der Waals surface area contributed by atoms with E-state index in [0.29, 0.717) is 12.3 Å². The minimum Gasteiger partial charge on any atom is -0.469 e. The summed E-state index contributed by atoms with van der Waals surface area (Å²) in [5.41, 5.74) is 1.11. The molecule has 0 radical (unpaired) electrons. The summed E-state index contributed by atoms with van der Waals surface area (Å²) in [7, 11) is 1.40. The summed E-state index contributed by atoms with van der Waals surface area (Å²) < 4.78 is 4.50. The van der Waals surface area contributed by atoms with Crippen LogP contribution < -0.4 is 0 Å². The van der Waals surface area contributed by atoms with Crippen molar-refractivity contribution in [3.63, 3.8) is 0 Å². The Bertz CT molecular complexity index is 148. The lowest BCUT2D eigenvalue weighted by atomic mass is 10.0. The number of rotatable bonds is 4. The van der Waals surface area contributed by atoms with Gasteiger partial charge in [-0.2, -0.15) is 0 Å². The zero-order chi connectivity index (χ0) is 8.85. The van der Waals surface area contributed by atoms with Crippen LogP contribution in [0.1, 0.15) is 26.7 Å². The maximum atomic E-state index is 10.7. The molecule has 0 saturated heterocycles. The lowest BCUT2D eigenvalue weighted by Crippen LogP contribution is -2.02. The Kier molecular flexibility index (Phi) is 4.59. The van der Waals surface area contributed by atoms with E-state index >= 15 is 0 Å². The standard InChI is InChI=1S/C9H16O2/c1-7(2)8(3)5-6-9(10)11-4/h7H,3,5-6H2,1-2,4H3. The van der Waals surface area contributed by atoms with Crippen LogP contribution in [0.5, 0.6) is 0 Å². The van der Waals surface area contributed by atoms with Gasteiger partial charge in [0.1, 0.15) is 0 Å². The Morgan fingerprint density at radius 1 is 1.45 bits per heavy atom. The van der Waals surface area contributed by atoms with Crippen molar-refractivity contribution in [3.05, 3.63) is 12.2 Å². The molecular weight excluding hydrogens is 140 g/mol. The first-order chi connectivity index (χ1) is 5.07. The van der Waals surface area contributed by atoms with E-state index in [0.717, 1.165) is 12.0 Å². The molecule has 0 aliphatic heterocycles. The van der Waals surface area contributed by atoms with Gasteiger partial charge in [0.25, 0.3) is 0 Å². The summed E-state index contributed by atoms with van der Waals surface area (Å²) in [6.07, 6.45) is 1.19. The topological polar surface area (TPSA) is 26.3 Å². The second kappa shape index (κ2) is 4.94. The normalized spacial score (nSPS) is 9.82. The Labute approximate surface area is 68.2 Å². The fourth-order valence-electron chi connectivity index (χ4n) is 0.653. The van der Waals surface area contributed by atoms with Crippen LogP contribution in [0.2, 0.25) is 0 Å². The van der Waals surface area contributed by atoms with Crippen molar-refractivity contribution in [2.24, 2.45) is 5.92 Å². The van der Waals surface area contributed by atoms with Gasteiger partial charge in [-0.25, -0.2) is 0 Å². The quantitative estimate of drug-likeness (QED) is 0.460. The molecule has 0 spiro atoms. The van der Waals surface area contributed by atoms with Crippen LogP contribution in [0.3, 0.4) is 0 Å². The van der Waals surface area contributed by atoms with Crippen LogP contribution in [-0.2, 0) is 9.53 Å². The average Bonchev–Trinajstić information content (AvgIpc) is 1.99. The Balaban J connectivity index is 3.54. The van der Waals surface area contributed by atoms with E-state index in [4.69, 9.17) is 0 Å². The molecule has 0 bridgehead atoms. The molecule has 11 heavy (non-hydrogen) atoms. The molecule has 64 valence electrons. The molecule has 0 unspecified atom stereocenters. The van der Waals surface area contributed by atoms with Crippen LogP contribution in [0, 0.1) is 5.92 Å². The molecule has 0 saturated carbocycles. The molecule has 2 nitrogen and oxygen atoms in total. The molecule has 0 atom stereocenters. The third-order valence-corrected chi connectivity index (χ3v) is 1.69. The van der Waals surface area contributed by atoms with E-state index in [1.807, 2.05) is 0 Å². The second-order valence-corrected chi connectivity index (χ2v) is 2.89. The summed E-state index contributed by atoms with van der Waals surface area (Å²) >= 11 is 0. The molecule has 2 heteroatoms. The number of allylic oxidation sites excluding steroid dienone is 1. The van der Waals surface area contributed by atoms with E-state index < -0.39 is 0 Å². The van der Waals surface area contributed by atoms with Crippen LogP contribution in [-0.4, -0.2) is 13.1 Å². The molecule has 0 rings (SSSR count). The van der Waals surface area contributed by atoms with Crippen molar-refractivity contribution in [3.8, 4) is 0 Å². The first-order valence-electron chi connectivity index (χ1n) is 3.82. The predicted octanol–water partition coefficient (Wildman–Crippen LogP) is 2.15. The number of carbonyl (C=O) groups excluding carboxylic acids is 1. The Hall–Kier alpha value is -0.790. The van der Waals surface area contributed by atoms with Crippen molar-refractivity contribution in [1.82, 2.24) is 0 Å². The van der Waals surface area contributed by atoms with Gasteiger partial charge in [0.05, 0.1) is 7.11 Å². The first kappa shape index (κ1) is 10.2. The molecule has 0 aromatic heterocycles. The zero-order valence-corrected chi connectivity index (χ0v) is 7.52. The fourth-order valence-corrected chi connectivity index (χ4v) is 0.653. The molecule has 0 heterocycles. The molecule has 0 aliphatic rings. The third-order valence-electron chi connectivity index (χ3n) is 1.69. The van der Waals surface area contributed by atoms with Gasteiger partial charge in [-0.3, -0.25) is 4.79 Å². The largest absolute Gasteiger partial charge is 0.469 e. The molecule has 0 amide bonds. The summed E-state index contributed by atoms with van der Waals surface area (Å²) in [6, 6.07) is 0. The van der Waals surface area contributed by atoms with Gasteiger partial charge in [0.2, 0.25) is 0 Å². The molecule has 0 fully saturated rings. The number of ether oxygens (including phenoxy) is 1. The monoisotopic (exact) mass is 156 g/mol. The minimum absolute atomic E-state index is 0.160. The minimum atomic E-state index is -0.160. The number of hydrogen-bond donors (Lipinski definition) is 0. The summed E-state index contributed by atoms with van der Waals surface area (Å²) in [6.45, 7) is 7.99. The van der Waals surface area contributed by atoms with E-state index in [9.17, 15) is 4.79 Å². The fraction of sp³-hybridized carbons (Fsp3) is 0.667. The van der Waals surface area contributed by atoms with Gasteiger partial charge in [0, 0.05) is 6.42 Å². The lowest BCUT2D eigenvalue weighted by Gasteiger charge is -2.07. The number of esters is 1. The van der Waals surface area contributed by atoms with Gasteiger partial charge in [-0.1, -0.05) is 26.0 Å². The highest BCUT2D eigenvalue weighted by Gasteiger charge is 2.04. The highest BCUT2D eigenvalue weighted by Crippen LogP contribution is 2.13. The zero-order valence-electron chi connectivity index (χ0n) is 7.52. The van der Waals surface area contributed by atoms with Gasteiger partial charge < -0.3 is 4.74 Å². The first-order valence-corrected chi connectivity index (χ1v) is 3.82. The Morgan fingerprint density at radius 3 is 2.36 bits per heavy atom. The van der Waals surface area contributed by atoms with Crippen LogP contribution in [0.25, 0.3) is 0 Å². The van der Waals surface area contributed by atoms with E-state index in [1.165, 1.54) is 7.11 Å². The summed E-state index contributed by atoms with van der Waals surface area (Å²) in [4.78, 5) is 10.7. The summed E-state index contributed by atoms with van der Waals surface area (Å²) in [5.74, 6) is 0.298. The van der Waals surface area contributed by atoms with Crippen molar-refractivity contribution in [2.45, 2.75) is 26.7 Å². The van der Waals surface area contributed by atoms with Gasteiger partial charge >= 0.3 is 5.97 Å². The molecular formula is C9H16O2. The Morgan fingerprint density at radius 2 is 2.00 bits per heavy atom. The van der Waals surface area contributed by atoms with Crippen molar-refractivity contribution in [2.75, 3.05) is 7.11 Å². The van der Waals surface area contributed by atoms with Crippen LogP contribution in [0.4, 0.5) is 0 Å². The average molecular weight is 156 g/mol. The van der Waals surface area contributed by atoms with Crippen molar-refractivity contribution >= 4 is 5.97 Å². The molecule has 0 N–H and O–H groups in total. The second-order valence-electron chi connectivity index (χ2n) is 2.89. The number of hydrogen-bond acceptors (Lipinski definition) is 2. The summed E-state index contributed by atoms with van der Waals surface area (Å²) in [5, 5.41) is 0. The lowest BCUT2D eigenvalue weighted by molar-refractivity contribution is -0.140. The number of methoxy groups -OCH3 is 1. The van der Waals surface area contributed by atoms with Gasteiger partial charge in [0.15, 0.2) is 0 Å². The van der Waals surface area contributed by atoms with Crippen molar-refractivity contribution in [1.29, 1.82) is 0 Å². The van der Waals surface area contributed by atoms with E-state index in [-0.39, 0.29) is 5.97 Å². The highest BCUT2D eigenvalue weighted by atomic mass is 16.5. The van der Waals surface area contributed by atoms with Gasteiger partial charge in [-0.15, -0.1) is 0 Å². The maximum Gasteiger partial charge on any atom is 0.305 e. The van der Waals surface area contributed by atoms with Gasteiger partial charge in [-0.05, 0) is 12.3 Å².